The zero-order valence-electron chi connectivity index (χ0n) is 59.5. The fourth-order valence-corrected chi connectivity index (χ4v) is 240. The lowest BCUT2D eigenvalue weighted by atomic mass is 9.82. The molecule has 0 saturated carbocycles. The van der Waals surface area contributed by atoms with Crippen LogP contribution in [0.4, 0.5) is 18.0 Å². The molecule has 7 nitrogen and oxygen atoms in total. The number of likely N-dealkylation sites (tertiary alicyclic amines) is 1. The number of carbonyl (C=O) groups excluding carboxylic acids is 2. The van der Waals surface area contributed by atoms with E-state index in [1.165, 1.54) is 29.9 Å². The molecule has 2 N–H and O–H groups in total. The number of amides is 3. The summed E-state index contributed by atoms with van der Waals surface area (Å²) in [6.07, 6.45) is -0.795. The van der Waals surface area contributed by atoms with Crippen LogP contribution in [0.3, 0.4) is 0 Å². The minimum Gasteiger partial charge on any atom is -0.351 e. The number of benzene rings is 1. The van der Waals surface area contributed by atoms with Crippen molar-refractivity contribution in [2.24, 2.45) is 17.1 Å². The molecule has 0 radical (unpaired) electrons. The zero-order chi connectivity index (χ0) is 92.8. The molecular formula is C29H37BrF3N5O2S89. The van der Waals surface area contributed by atoms with Gasteiger partial charge < -0.3 is 15.5 Å². The first kappa shape index (κ1) is 140. The molecule has 2 fully saturated rings. The fraction of sp³-hybridized carbons (Fsp3) is 0.552. The number of nitrogens with zero attached hydrogens (tertiary/aromatic N) is 4. The second-order valence-electron chi connectivity index (χ2n) is 17.8. The Hall–Kier alpha value is 16.9. The molecule has 1 aromatic heterocycles. The van der Waals surface area contributed by atoms with Gasteiger partial charge in [-0.05, 0) is 69.9 Å². The van der Waals surface area contributed by atoms with Gasteiger partial charge >= 0.3 is 12.2 Å². The molecule has 0 aliphatic carbocycles. The summed E-state index contributed by atoms with van der Waals surface area (Å²) >= 11 is 13.1. The second kappa shape index (κ2) is 106. The van der Waals surface area contributed by atoms with Crippen molar-refractivity contribution in [3.8, 4) is 0 Å². The van der Waals surface area contributed by atoms with Crippen LogP contribution < -0.4 is 5.73 Å². The van der Waals surface area contributed by atoms with Gasteiger partial charge in [-0.15, -0.1) is 0 Å². The quantitative estimate of drug-likeness (QED) is 0.428. The Labute approximate surface area is 1010 Å². The Morgan fingerprint density at radius 2 is 0.581 bits per heavy atom. The number of nitrogens with two attached hydrogens (primary N) is 1. The van der Waals surface area contributed by atoms with Crippen molar-refractivity contribution in [2.75, 3.05) is 32.7 Å². The number of carbonyl (C=O) groups is 2. The molecule has 752 valence electrons. The highest BCUT2D eigenvalue weighted by Gasteiger charge is 2.41. The minimum absolute atomic E-state index is 0.102. The molecule has 1 unspecified atom stereocenters. The Kier molecular flexibility index (Phi) is 116. The van der Waals surface area contributed by atoms with E-state index in [1.807, 2.05) is 665 Å². The summed E-state index contributed by atoms with van der Waals surface area (Å²) in [6.45, 7) is 9.08. The van der Waals surface area contributed by atoms with E-state index >= 15 is 0 Å². The average Bonchev–Trinajstić information content (AvgIpc) is 0.776. The van der Waals surface area contributed by atoms with Crippen molar-refractivity contribution in [2.45, 2.75) is 58.3 Å². The van der Waals surface area contributed by atoms with Crippen LogP contribution in [-0.2, 0) is 806 Å². The number of aromatic nitrogens is 1. The highest BCUT2D eigenvalue weighted by atomic mass is 79.9. The molecule has 1 aromatic carbocycles. The summed E-state index contributed by atoms with van der Waals surface area (Å²) in [4.78, 5) is 35.5. The monoisotopic (exact) mass is 3470 g/mol. The van der Waals surface area contributed by atoms with Crippen molar-refractivity contribution in [1.29, 1.82) is 0 Å². The molecule has 3 amide bonds. The molecule has 0 bridgehead atoms. The highest BCUT2D eigenvalue weighted by molar-refractivity contribution is 9.10. The molecule has 2 aliphatic heterocycles. The number of hydrogen-bond acceptors (Lipinski definition) is 6. The predicted molar refractivity (Wildman–Crippen MR) is 806 cm³/mol. The number of alkyl halides is 3. The average molecular weight is 3480 g/mol. The summed E-state index contributed by atoms with van der Waals surface area (Å²) < 4.78 is 40.6. The van der Waals surface area contributed by atoms with E-state index in [-0.39, 0.29) is 29.3 Å². The molecule has 2 aliphatic rings. The number of urea groups is 1. The summed E-state index contributed by atoms with van der Waals surface area (Å²) in [5.41, 5.74) is 5.93. The number of hydrogen-bond donors (Lipinski definition) is 1. The van der Waals surface area contributed by atoms with Gasteiger partial charge in [0.2, 0.25) is 5.91 Å². The molecule has 2 aromatic rings. The summed E-state index contributed by atoms with van der Waals surface area (Å²) in [7, 11) is 157. The second-order valence-corrected chi connectivity index (χ2v) is 173. The van der Waals surface area contributed by atoms with Crippen molar-refractivity contribution in [3.05, 3.63) is 63.9 Å². The van der Waals surface area contributed by atoms with Crippen LogP contribution in [0.1, 0.15) is 62.9 Å². The summed E-state index contributed by atoms with van der Waals surface area (Å²) in [5, 5.41) is 0. The maximum Gasteiger partial charge on any atom is 0.416 e. The topological polar surface area (TPSA) is 82.8 Å². The van der Waals surface area contributed by atoms with Crippen molar-refractivity contribution in [1.82, 2.24) is 19.7 Å². The van der Waals surface area contributed by atoms with Crippen LogP contribution in [0.15, 0.2) is 47.1 Å². The maximum atomic E-state index is 13.6. The smallest absolute Gasteiger partial charge is 0.351 e. The first-order valence-corrected chi connectivity index (χ1v) is 146. The number of primary amides is 1. The van der Waals surface area contributed by atoms with Crippen LogP contribution in [0.25, 0.3) is 0 Å². The summed E-state index contributed by atoms with van der Waals surface area (Å²) in [6, 6.07) is 8.16. The van der Waals surface area contributed by atoms with Crippen LogP contribution in [0, 0.1) is 11.3 Å². The third-order valence-electron chi connectivity index (χ3n) is 10.5. The van der Waals surface area contributed by atoms with Crippen molar-refractivity contribution < 1.29 is 22.8 Å². The van der Waals surface area contributed by atoms with Crippen LogP contribution >= 0.6 is 15.9 Å². The molecule has 2 saturated heterocycles. The maximum absolute atomic E-state index is 13.6. The van der Waals surface area contributed by atoms with Gasteiger partial charge in [-0.25, -0.2) is 4.79 Å². The number of halogens is 4. The summed E-state index contributed by atoms with van der Waals surface area (Å²) in [5.74, 6) is 0.304. The molecule has 129 heavy (non-hydrogen) atoms. The molecule has 0 spiro atoms. The van der Waals surface area contributed by atoms with E-state index < -0.39 is 17.8 Å². The van der Waals surface area contributed by atoms with E-state index in [0.717, 1.165) is 40.7 Å². The van der Waals surface area contributed by atoms with Gasteiger partial charge in [0.1, 0.15) is 0 Å². The van der Waals surface area contributed by atoms with Crippen molar-refractivity contribution in [3.63, 3.8) is 0 Å². The van der Waals surface area contributed by atoms with Gasteiger partial charge in [0, 0.05) is 851 Å². The van der Waals surface area contributed by atoms with Gasteiger partial charge in [-0.3, -0.25) is 14.7 Å². The standard InChI is InChI=1S/C29H37BrF3N5O2.S89/c1-28(2,3)24-18-37(14-15-38(24)25(39)16-19-10-12-36(13-11-19)27(34)40)26(23-9-8-22(30)17-35-23)20-4-6-21(7-5-20)29(31,32)33;1-3-5-7-9-11-13-15-17-19-21-23-25-27-29-31-33-35-37-39-41-43-45-47-49-51-53-55-57-59-61-63-65-67-69-71-73-75-77-79-81-83-85-87-89-88-86-84-82-80-78-76-74-72-70-68-66-64-62-60-58-56-54-52-50-48-46-44-42-40-38-36-34-32-30-28-26-24-22-20-18-16-14-12-10-8-6-4-2/h4-9,17,19,24,26H,10-16,18H2,1-3H3,(H2,34,40);/t24-,26?;/m1./s1. The Morgan fingerprint density at radius 1 is 0.357 bits per heavy atom. The molecule has 4 rings (SSSR count). The first-order chi connectivity index (χ1) is 63.1. The van der Waals surface area contributed by atoms with E-state index in [9.17, 15) is 22.8 Å². The van der Waals surface area contributed by atoms with Gasteiger partial charge in [-0.2, -0.15) is 13.2 Å². The lowest BCUT2D eigenvalue weighted by molar-refractivity contribution is -0.141. The van der Waals surface area contributed by atoms with Crippen LogP contribution in [0.5, 0.6) is 0 Å². The first-order valence-electron chi connectivity index (χ1n) is 28.3. The van der Waals surface area contributed by atoms with Gasteiger partial charge in [-0.1, -0.05) is 32.9 Å². The van der Waals surface area contributed by atoms with E-state index in [0.29, 0.717) is 39.1 Å². The van der Waals surface area contributed by atoms with Crippen molar-refractivity contribution >= 4 is 823 Å². The van der Waals surface area contributed by atoms with Crippen LogP contribution in [0.2, 0.25) is 0 Å². The largest absolute Gasteiger partial charge is 0.416 e. The Morgan fingerprint density at radius 3 is 0.767 bits per heavy atom. The normalized spacial score (nSPS) is 11.8. The molecule has 100 heteroatoms. The lowest BCUT2D eigenvalue weighted by Crippen LogP contribution is -2.60. The van der Waals surface area contributed by atoms with E-state index in [1.54, 1.807) is 118 Å². The van der Waals surface area contributed by atoms with Gasteiger partial charge in [0.15, 0.2) is 0 Å². The number of rotatable bonds is 5. The zero-order valence-corrected chi connectivity index (χ0v) is 134. The van der Waals surface area contributed by atoms with Gasteiger partial charge in [0.25, 0.3) is 0 Å². The third-order valence-corrected chi connectivity index (χ3v) is 202. The van der Waals surface area contributed by atoms with E-state index in [4.69, 9.17) is 28.1 Å². The predicted octanol–water partition coefficient (Wildman–Crippen LogP) is 5.48. The molecule has 2 atom stereocenters. The third kappa shape index (κ3) is 89.4. The van der Waals surface area contributed by atoms with Crippen LogP contribution in [-0.4, -0.2) is 70.4 Å². The van der Waals surface area contributed by atoms with Gasteiger partial charge in [0.05, 0.1) is 17.3 Å². The SMILES string of the molecule is CC(C)(C)[C@H]1CN(C(c2ccc(C(F)(F)F)cc2)c2ccc(Br)cn2)CCN1C(=O)CC1CCN(C(N)=O)CC1.S=S=S=S=S=S=S=S=S=S=S=S=S=S=S=S=S=S=S=S=S=S=S=S=S=S=S=S=S=S=S=S=S=S=S=S=S=S=S=S=S=S=S=S=S=S=S=S=S=S=S=S=S=S=S=S=S=S=S=S=S=S=S=S=S=S=S=S=S=S=S=S=S=S=S=S=S=S=S=S=S=S=S=S=S=S=S=S=S. The minimum atomic E-state index is -4.41. The molecule has 3 heterocycles. The number of piperazine rings is 1. The lowest BCUT2D eigenvalue weighted by Gasteiger charge is -2.49. The Balaban J connectivity index is 0.000000879. The number of piperidine rings is 1. The fourth-order valence-electron chi connectivity index (χ4n) is 6.74. The van der Waals surface area contributed by atoms with E-state index in [2.05, 4.69) is 46.6 Å². The Bertz CT molecular complexity index is 8520. The molecular weight excluding hydrogens is 3440 g/mol. The highest BCUT2D eigenvalue weighted by Crippen LogP contribution is 2.37. The number of pyridine rings is 1.